The second-order valence-electron chi connectivity index (χ2n) is 4.41. The van der Waals surface area contributed by atoms with Crippen molar-refractivity contribution in [1.29, 1.82) is 0 Å². The van der Waals surface area contributed by atoms with Crippen molar-refractivity contribution in [2.45, 2.75) is 25.9 Å². The normalized spacial score (nSPS) is 24.7. The lowest BCUT2D eigenvalue weighted by Gasteiger charge is -2.38. The highest BCUT2D eigenvalue weighted by molar-refractivity contribution is 5.60. The summed E-state index contributed by atoms with van der Waals surface area (Å²) in [6.07, 6.45) is 1.46. The molecule has 0 amide bonds. The van der Waals surface area contributed by atoms with Crippen LogP contribution in [0.25, 0.3) is 0 Å². The molecule has 0 spiro atoms. The van der Waals surface area contributed by atoms with Crippen LogP contribution in [0.3, 0.4) is 0 Å². The molecule has 17 heavy (non-hydrogen) atoms. The molecule has 0 bridgehead atoms. The number of piperazine rings is 1. The maximum atomic E-state index is 11.0. The summed E-state index contributed by atoms with van der Waals surface area (Å²) in [6, 6.07) is 4.06. The Bertz CT molecular complexity index is 424. The molecule has 1 aliphatic heterocycles. The molecule has 1 N–H and O–H groups in total. The fraction of sp³-hybridized carbons (Fsp3) is 0.545. The van der Waals surface area contributed by atoms with Crippen molar-refractivity contribution in [3.8, 4) is 0 Å². The van der Waals surface area contributed by atoms with E-state index in [4.69, 9.17) is 0 Å². The molecule has 2 heterocycles. The van der Waals surface area contributed by atoms with Gasteiger partial charge in [0, 0.05) is 25.2 Å². The van der Waals surface area contributed by atoms with Gasteiger partial charge in [-0.1, -0.05) is 0 Å². The number of nitrogens with one attached hydrogen (secondary N) is 1. The molecule has 6 heteroatoms. The number of pyridine rings is 1. The molecule has 0 saturated carbocycles. The third kappa shape index (κ3) is 2.36. The predicted octanol–water partition coefficient (Wildman–Crippen LogP) is 1.18. The Balaban J connectivity index is 2.35. The molecule has 1 saturated heterocycles. The number of hydrogen-bond donors (Lipinski definition) is 1. The highest BCUT2D eigenvalue weighted by Gasteiger charge is 2.28. The molecule has 2 atom stereocenters. The SMILES string of the molecule is CC1CN(c2cccnc2[N+](=O)[O-])C(C)CN1. The molecule has 1 aliphatic rings. The van der Waals surface area contributed by atoms with E-state index in [1.54, 1.807) is 12.1 Å². The van der Waals surface area contributed by atoms with E-state index in [1.165, 1.54) is 6.20 Å². The van der Waals surface area contributed by atoms with Gasteiger partial charge in [-0.15, -0.1) is 0 Å². The van der Waals surface area contributed by atoms with E-state index in [-0.39, 0.29) is 11.9 Å². The number of nitro groups is 1. The van der Waals surface area contributed by atoms with Gasteiger partial charge in [-0.25, -0.2) is 0 Å². The van der Waals surface area contributed by atoms with E-state index in [1.807, 2.05) is 4.90 Å². The van der Waals surface area contributed by atoms with E-state index < -0.39 is 4.92 Å². The fourth-order valence-corrected chi connectivity index (χ4v) is 2.11. The number of nitrogens with zero attached hydrogens (tertiary/aromatic N) is 3. The van der Waals surface area contributed by atoms with E-state index >= 15 is 0 Å². The maximum Gasteiger partial charge on any atom is 0.387 e. The van der Waals surface area contributed by atoms with Crippen molar-refractivity contribution in [2.24, 2.45) is 0 Å². The maximum absolute atomic E-state index is 11.0. The minimum Gasteiger partial charge on any atom is -0.359 e. The second-order valence-corrected chi connectivity index (χ2v) is 4.41. The van der Waals surface area contributed by atoms with Crippen LogP contribution in [0, 0.1) is 10.1 Å². The summed E-state index contributed by atoms with van der Waals surface area (Å²) in [4.78, 5) is 16.4. The van der Waals surface area contributed by atoms with Gasteiger partial charge in [0.1, 0.15) is 11.9 Å². The first kappa shape index (κ1) is 11.8. The van der Waals surface area contributed by atoms with Gasteiger partial charge in [-0.05, 0) is 35.9 Å². The average Bonchev–Trinajstić information content (AvgIpc) is 2.32. The molecule has 2 rings (SSSR count). The Labute approximate surface area is 99.8 Å². The molecule has 92 valence electrons. The van der Waals surface area contributed by atoms with Crippen LogP contribution in [0.5, 0.6) is 0 Å². The van der Waals surface area contributed by atoms with Crippen molar-refractivity contribution in [3.63, 3.8) is 0 Å². The lowest BCUT2D eigenvalue weighted by atomic mass is 10.1. The number of aromatic nitrogens is 1. The Morgan fingerprint density at radius 1 is 1.59 bits per heavy atom. The van der Waals surface area contributed by atoms with Crippen LogP contribution < -0.4 is 10.2 Å². The second kappa shape index (κ2) is 4.67. The van der Waals surface area contributed by atoms with Crippen molar-refractivity contribution < 1.29 is 4.92 Å². The number of rotatable bonds is 2. The zero-order valence-electron chi connectivity index (χ0n) is 9.96. The standard InChI is InChI=1S/C11H16N4O2/c1-8-7-14(9(2)6-13-8)10-4-3-5-12-11(10)15(16)17/h3-5,8-9,13H,6-7H2,1-2H3. The highest BCUT2D eigenvalue weighted by Crippen LogP contribution is 2.27. The van der Waals surface area contributed by atoms with E-state index in [2.05, 4.69) is 24.1 Å². The Kier molecular flexibility index (Phi) is 3.23. The topological polar surface area (TPSA) is 71.3 Å². The van der Waals surface area contributed by atoms with Crippen LogP contribution in [0.2, 0.25) is 0 Å². The first-order valence-corrected chi connectivity index (χ1v) is 5.69. The van der Waals surface area contributed by atoms with Gasteiger partial charge in [0.25, 0.3) is 0 Å². The summed E-state index contributed by atoms with van der Waals surface area (Å²) < 4.78 is 0. The van der Waals surface area contributed by atoms with E-state index in [9.17, 15) is 10.1 Å². The van der Waals surface area contributed by atoms with Gasteiger partial charge in [0.05, 0.1) is 0 Å². The van der Waals surface area contributed by atoms with Crippen LogP contribution in [0.15, 0.2) is 18.3 Å². The molecule has 1 aromatic heterocycles. The van der Waals surface area contributed by atoms with Gasteiger partial charge in [-0.3, -0.25) is 0 Å². The lowest BCUT2D eigenvalue weighted by Crippen LogP contribution is -2.54. The number of hydrogen-bond acceptors (Lipinski definition) is 5. The molecule has 1 aromatic rings. The monoisotopic (exact) mass is 236 g/mol. The molecular formula is C11H16N4O2. The minimum absolute atomic E-state index is 0.0616. The van der Waals surface area contributed by atoms with Gasteiger partial charge >= 0.3 is 5.82 Å². The first-order chi connectivity index (χ1) is 8.09. The third-order valence-electron chi connectivity index (χ3n) is 3.01. The largest absolute Gasteiger partial charge is 0.387 e. The molecule has 2 unspecified atom stereocenters. The Hall–Kier alpha value is -1.69. The molecule has 6 nitrogen and oxygen atoms in total. The number of anilines is 1. The molecule has 0 aromatic carbocycles. The van der Waals surface area contributed by atoms with Crippen LogP contribution in [-0.4, -0.2) is 35.1 Å². The summed E-state index contributed by atoms with van der Waals surface area (Å²) in [5, 5.41) is 14.3. The minimum atomic E-state index is -0.422. The van der Waals surface area contributed by atoms with Crippen molar-refractivity contribution in [2.75, 3.05) is 18.0 Å². The Morgan fingerprint density at radius 3 is 3.06 bits per heavy atom. The quantitative estimate of drug-likeness (QED) is 0.616. The summed E-state index contributed by atoms with van der Waals surface area (Å²) >= 11 is 0. The smallest absolute Gasteiger partial charge is 0.359 e. The van der Waals surface area contributed by atoms with Crippen LogP contribution in [-0.2, 0) is 0 Å². The summed E-state index contributed by atoms with van der Waals surface area (Å²) in [7, 11) is 0. The average molecular weight is 236 g/mol. The van der Waals surface area contributed by atoms with E-state index in [0.717, 1.165) is 13.1 Å². The fourth-order valence-electron chi connectivity index (χ4n) is 2.11. The van der Waals surface area contributed by atoms with E-state index in [0.29, 0.717) is 11.7 Å². The molecule has 1 fully saturated rings. The van der Waals surface area contributed by atoms with Gasteiger partial charge in [-0.2, -0.15) is 0 Å². The van der Waals surface area contributed by atoms with Crippen LogP contribution in [0.4, 0.5) is 11.5 Å². The summed E-state index contributed by atoms with van der Waals surface area (Å²) in [5.74, 6) is -0.0616. The highest BCUT2D eigenvalue weighted by atomic mass is 16.6. The van der Waals surface area contributed by atoms with Crippen molar-refractivity contribution >= 4 is 11.5 Å². The van der Waals surface area contributed by atoms with Crippen LogP contribution in [0.1, 0.15) is 13.8 Å². The van der Waals surface area contributed by atoms with Gasteiger partial charge in [0.15, 0.2) is 0 Å². The Morgan fingerprint density at radius 2 is 2.35 bits per heavy atom. The van der Waals surface area contributed by atoms with Crippen LogP contribution >= 0.6 is 0 Å². The summed E-state index contributed by atoms with van der Waals surface area (Å²) in [6.45, 7) is 5.71. The molecule has 0 radical (unpaired) electrons. The zero-order chi connectivity index (χ0) is 12.4. The zero-order valence-corrected chi connectivity index (χ0v) is 9.96. The molecular weight excluding hydrogens is 220 g/mol. The van der Waals surface area contributed by atoms with Crippen molar-refractivity contribution in [1.82, 2.24) is 10.3 Å². The third-order valence-corrected chi connectivity index (χ3v) is 3.01. The van der Waals surface area contributed by atoms with Gasteiger partial charge in [0.2, 0.25) is 0 Å². The first-order valence-electron chi connectivity index (χ1n) is 5.69. The van der Waals surface area contributed by atoms with Crippen molar-refractivity contribution in [3.05, 3.63) is 28.4 Å². The lowest BCUT2D eigenvalue weighted by molar-refractivity contribution is -0.388. The van der Waals surface area contributed by atoms with Gasteiger partial charge < -0.3 is 20.3 Å². The summed E-state index contributed by atoms with van der Waals surface area (Å²) in [5.41, 5.74) is 0.610. The predicted molar refractivity (Wildman–Crippen MR) is 65.2 cm³/mol. The molecule has 0 aliphatic carbocycles.